The van der Waals surface area contributed by atoms with Crippen LogP contribution >= 0.6 is 0 Å². The first-order chi connectivity index (χ1) is 12.9. The number of halogens is 3. The molecule has 0 atom stereocenters. The first kappa shape index (κ1) is 17.3. The lowest BCUT2D eigenvalue weighted by Crippen LogP contribution is -2.51. The lowest BCUT2D eigenvalue weighted by atomic mass is 9.98. The number of hydrogen-bond acceptors (Lipinski definition) is 3. The number of nitrogens with one attached hydrogen (secondary N) is 2. The molecule has 0 radical (unpaired) electrons. The number of nitrogens with zero attached hydrogens (tertiary/aromatic N) is 2. The van der Waals surface area contributed by atoms with Crippen molar-refractivity contribution >= 4 is 17.6 Å². The van der Waals surface area contributed by atoms with E-state index in [9.17, 15) is 22.8 Å². The van der Waals surface area contributed by atoms with E-state index in [1.807, 2.05) is 0 Å². The van der Waals surface area contributed by atoms with Crippen LogP contribution in [0.1, 0.15) is 24.1 Å². The van der Waals surface area contributed by atoms with E-state index in [1.165, 1.54) is 23.1 Å². The number of fused-ring (bicyclic) bond motifs is 2. The maximum Gasteiger partial charge on any atom is 0.323 e. The number of pyridine rings is 1. The lowest BCUT2D eigenvalue weighted by Gasteiger charge is -2.37. The van der Waals surface area contributed by atoms with E-state index in [0.717, 1.165) is 6.20 Å². The average molecular weight is 376 g/mol. The van der Waals surface area contributed by atoms with Crippen molar-refractivity contribution in [3.05, 3.63) is 59.2 Å². The van der Waals surface area contributed by atoms with Crippen molar-refractivity contribution in [2.45, 2.75) is 24.9 Å². The van der Waals surface area contributed by atoms with E-state index >= 15 is 0 Å². The zero-order valence-electron chi connectivity index (χ0n) is 14.1. The average Bonchev–Trinajstić information content (AvgIpc) is 3.40. The minimum atomic E-state index is -0.867. The summed E-state index contributed by atoms with van der Waals surface area (Å²) in [6.45, 7) is -0.511. The highest BCUT2D eigenvalue weighted by atomic mass is 19.1. The molecule has 1 aromatic carbocycles. The third-order valence-electron chi connectivity index (χ3n) is 4.85. The predicted octanol–water partition coefficient (Wildman–Crippen LogP) is 2.65. The summed E-state index contributed by atoms with van der Waals surface area (Å²) in [5.41, 5.74) is 0.368. The summed E-state index contributed by atoms with van der Waals surface area (Å²) in [6, 6.07) is 4.36. The highest BCUT2D eigenvalue weighted by molar-refractivity contribution is 5.96. The molecule has 3 amide bonds. The van der Waals surface area contributed by atoms with Gasteiger partial charge in [-0.05, 0) is 31.0 Å². The van der Waals surface area contributed by atoms with E-state index in [4.69, 9.17) is 0 Å². The summed E-state index contributed by atoms with van der Waals surface area (Å²) in [5.74, 6) is -2.62. The smallest absolute Gasteiger partial charge is 0.323 e. The molecule has 2 aliphatic rings. The van der Waals surface area contributed by atoms with Gasteiger partial charge in [-0.1, -0.05) is 0 Å². The SMILES string of the molecule is O=C(CN1C(=O)Nc2ccc(F)cc2C12CC2)NCc1ncc(F)cc1F. The van der Waals surface area contributed by atoms with Crippen molar-refractivity contribution in [3.63, 3.8) is 0 Å². The van der Waals surface area contributed by atoms with Crippen molar-refractivity contribution in [2.24, 2.45) is 0 Å². The van der Waals surface area contributed by atoms with Crippen LogP contribution in [-0.2, 0) is 16.9 Å². The van der Waals surface area contributed by atoms with Crippen LogP contribution in [0.2, 0.25) is 0 Å². The summed E-state index contributed by atoms with van der Waals surface area (Å²) in [6.07, 6.45) is 2.10. The zero-order chi connectivity index (χ0) is 19.2. The summed E-state index contributed by atoms with van der Waals surface area (Å²) < 4.78 is 40.1. The van der Waals surface area contributed by atoms with Crippen LogP contribution in [0.3, 0.4) is 0 Å². The molecule has 6 nitrogen and oxygen atoms in total. The van der Waals surface area contributed by atoms with E-state index in [1.54, 1.807) is 0 Å². The fourth-order valence-corrected chi connectivity index (χ4v) is 3.37. The summed E-state index contributed by atoms with van der Waals surface area (Å²) >= 11 is 0. The third kappa shape index (κ3) is 3.09. The van der Waals surface area contributed by atoms with Crippen molar-refractivity contribution in [1.82, 2.24) is 15.2 Å². The Bertz CT molecular complexity index is 946. The van der Waals surface area contributed by atoms with Gasteiger partial charge in [-0.15, -0.1) is 0 Å². The van der Waals surface area contributed by atoms with Gasteiger partial charge >= 0.3 is 6.03 Å². The van der Waals surface area contributed by atoms with Gasteiger partial charge in [0.1, 0.15) is 24.0 Å². The molecule has 140 valence electrons. The van der Waals surface area contributed by atoms with Crippen molar-refractivity contribution in [3.8, 4) is 0 Å². The largest absolute Gasteiger partial charge is 0.349 e. The fourth-order valence-electron chi connectivity index (χ4n) is 3.37. The van der Waals surface area contributed by atoms with Crippen LogP contribution in [-0.4, -0.2) is 28.4 Å². The molecule has 2 heterocycles. The Labute approximate surface area is 152 Å². The molecular weight excluding hydrogens is 361 g/mol. The van der Waals surface area contributed by atoms with Crippen LogP contribution < -0.4 is 10.6 Å². The summed E-state index contributed by atoms with van der Waals surface area (Å²) in [5, 5.41) is 5.12. The van der Waals surface area contributed by atoms with Crippen LogP contribution in [0.4, 0.5) is 23.7 Å². The van der Waals surface area contributed by atoms with E-state index in [-0.39, 0.29) is 18.8 Å². The van der Waals surface area contributed by atoms with Gasteiger partial charge in [0.2, 0.25) is 5.91 Å². The maximum absolute atomic E-state index is 13.6. The minimum absolute atomic E-state index is 0.110. The van der Waals surface area contributed by atoms with Crippen LogP contribution in [0.15, 0.2) is 30.5 Å². The van der Waals surface area contributed by atoms with Gasteiger partial charge in [0, 0.05) is 17.3 Å². The molecule has 4 rings (SSSR count). The molecule has 9 heteroatoms. The topological polar surface area (TPSA) is 74.3 Å². The Morgan fingerprint density at radius 1 is 1.22 bits per heavy atom. The van der Waals surface area contributed by atoms with Gasteiger partial charge < -0.3 is 15.5 Å². The highest BCUT2D eigenvalue weighted by Crippen LogP contribution is 2.55. The Balaban J connectivity index is 1.47. The van der Waals surface area contributed by atoms with Crippen molar-refractivity contribution < 1.29 is 22.8 Å². The molecule has 1 aliphatic carbocycles. The zero-order valence-corrected chi connectivity index (χ0v) is 14.1. The molecule has 1 spiro atoms. The van der Waals surface area contributed by atoms with E-state index < -0.39 is 34.9 Å². The summed E-state index contributed by atoms with van der Waals surface area (Å²) in [7, 11) is 0. The second-order valence-electron chi connectivity index (χ2n) is 6.60. The van der Waals surface area contributed by atoms with Crippen LogP contribution in [0, 0.1) is 17.5 Å². The maximum atomic E-state index is 13.6. The molecule has 0 unspecified atom stereocenters. The number of hydrogen-bond donors (Lipinski definition) is 2. The van der Waals surface area contributed by atoms with Crippen LogP contribution in [0.25, 0.3) is 0 Å². The predicted molar refractivity (Wildman–Crippen MR) is 89.0 cm³/mol. The Morgan fingerprint density at radius 2 is 2.00 bits per heavy atom. The lowest BCUT2D eigenvalue weighted by molar-refractivity contribution is -0.122. The first-order valence-electron chi connectivity index (χ1n) is 8.34. The molecule has 1 saturated carbocycles. The van der Waals surface area contributed by atoms with Gasteiger partial charge in [-0.2, -0.15) is 0 Å². The van der Waals surface area contributed by atoms with Gasteiger partial charge in [0.05, 0.1) is 24.0 Å². The van der Waals surface area contributed by atoms with E-state index in [0.29, 0.717) is 30.2 Å². The molecule has 27 heavy (non-hydrogen) atoms. The summed E-state index contributed by atoms with van der Waals surface area (Å²) in [4.78, 5) is 29.6. The number of carbonyl (C=O) groups is 2. The number of aromatic nitrogens is 1. The molecule has 1 fully saturated rings. The Morgan fingerprint density at radius 3 is 2.70 bits per heavy atom. The molecule has 1 aromatic heterocycles. The van der Waals surface area contributed by atoms with Crippen molar-refractivity contribution in [1.29, 1.82) is 0 Å². The quantitative estimate of drug-likeness (QED) is 0.862. The normalized spacial score (nSPS) is 16.7. The molecule has 2 N–H and O–H groups in total. The molecule has 0 saturated heterocycles. The minimum Gasteiger partial charge on any atom is -0.349 e. The fraction of sp³-hybridized carbons (Fsp3) is 0.278. The number of rotatable bonds is 4. The number of amides is 3. The van der Waals surface area contributed by atoms with Gasteiger partial charge in [-0.3, -0.25) is 9.78 Å². The van der Waals surface area contributed by atoms with Gasteiger partial charge in [-0.25, -0.2) is 18.0 Å². The number of benzene rings is 1. The Kier molecular flexibility index (Phi) is 4.01. The highest BCUT2D eigenvalue weighted by Gasteiger charge is 2.55. The van der Waals surface area contributed by atoms with Gasteiger partial charge in [0.15, 0.2) is 0 Å². The van der Waals surface area contributed by atoms with Crippen LogP contribution in [0.5, 0.6) is 0 Å². The third-order valence-corrected chi connectivity index (χ3v) is 4.85. The second kappa shape index (κ2) is 6.26. The van der Waals surface area contributed by atoms with Crippen molar-refractivity contribution in [2.75, 3.05) is 11.9 Å². The Hall–Kier alpha value is -3.10. The standard InChI is InChI=1S/C18H15F3N4O2/c19-10-1-2-14-12(5-10)18(3-4-18)25(17(27)24-14)9-16(26)23-8-15-13(21)6-11(20)7-22-15/h1-2,5-7H,3-4,8-9H2,(H,23,26)(H,24,27). The number of urea groups is 1. The molecule has 1 aliphatic heterocycles. The molecular formula is C18H15F3N4O2. The number of anilines is 1. The number of carbonyl (C=O) groups excluding carboxylic acids is 2. The molecule has 0 bridgehead atoms. The second-order valence-corrected chi connectivity index (χ2v) is 6.60. The monoisotopic (exact) mass is 376 g/mol. The van der Waals surface area contributed by atoms with E-state index in [2.05, 4.69) is 15.6 Å². The first-order valence-corrected chi connectivity index (χ1v) is 8.34. The van der Waals surface area contributed by atoms with Gasteiger partial charge in [0.25, 0.3) is 0 Å². The molecule has 2 aromatic rings.